The molecule has 88 valence electrons. The summed E-state index contributed by atoms with van der Waals surface area (Å²) in [6.07, 6.45) is 2.79. The fourth-order valence-corrected chi connectivity index (χ4v) is 1.50. The molecule has 6 heteroatoms. The van der Waals surface area contributed by atoms with Crippen molar-refractivity contribution in [3.8, 4) is 0 Å². The van der Waals surface area contributed by atoms with Crippen LogP contribution in [-0.2, 0) is 4.84 Å². The Bertz CT molecular complexity index is 231. The molecule has 0 aromatic rings. The summed E-state index contributed by atoms with van der Waals surface area (Å²) in [5, 5.41) is 25.4. The lowest BCUT2D eigenvalue weighted by Crippen LogP contribution is -2.33. The first-order valence-electron chi connectivity index (χ1n) is 5.14. The second-order valence-corrected chi connectivity index (χ2v) is 4.48. The molecule has 0 aliphatic heterocycles. The molecule has 0 radical (unpaired) electrons. The van der Waals surface area contributed by atoms with E-state index in [1.54, 1.807) is 14.1 Å². The second-order valence-electron chi connectivity index (χ2n) is 4.48. The zero-order valence-electron chi connectivity index (χ0n) is 9.51. The van der Waals surface area contributed by atoms with Crippen molar-refractivity contribution in [3.63, 3.8) is 0 Å². The van der Waals surface area contributed by atoms with Gasteiger partial charge in [0.2, 0.25) is 5.28 Å². The molecular weight excluding hydrogens is 198 g/mol. The van der Waals surface area contributed by atoms with Gasteiger partial charge in [-0.25, -0.2) is 0 Å². The van der Waals surface area contributed by atoms with Crippen LogP contribution in [0.4, 0.5) is 0 Å². The van der Waals surface area contributed by atoms with Gasteiger partial charge in [-0.2, -0.15) is 5.01 Å². The number of hydrogen-bond donors (Lipinski definition) is 1. The van der Waals surface area contributed by atoms with E-state index in [-0.39, 0.29) is 6.10 Å². The quantitative estimate of drug-likeness (QED) is 0.436. The maximum Gasteiger partial charge on any atom is 0.233 e. The SMILES string of the molecule is CN(C)/[N+]([O-])=N/OC1CCC(C)(O)CC1. The molecule has 0 spiro atoms. The summed E-state index contributed by atoms with van der Waals surface area (Å²) in [4.78, 5) is 5.48. The van der Waals surface area contributed by atoms with Gasteiger partial charge in [-0.15, -0.1) is 0 Å². The summed E-state index contributed by atoms with van der Waals surface area (Å²) in [5.41, 5.74) is -0.585. The largest absolute Gasteiger partial charge is 0.569 e. The van der Waals surface area contributed by atoms with Crippen LogP contribution in [0.15, 0.2) is 5.28 Å². The van der Waals surface area contributed by atoms with Gasteiger partial charge in [-0.3, -0.25) is 0 Å². The molecule has 0 atom stereocenters. The highest BCUT2D eigenvalue weighted by atomic mass is 16.7. The first kappa shape index (κ1) is 12.0. The third kappa shape index (κ3) is 3.91. The van der Waals surface area contributed by atoms with Gasteiger partial charge in [0.1, 0.15) is 6.10 Å². The van der Waals surface area contributed by atoms with Crippen LogP contribution in [0.2, 0.25) is 0 Å². The summed E-state index contributed by atoms with van der Waals surface area (Å²) in [5.74, 6) is 0. The van der Waals surface area contributed by atoms with E-state index in [1.165, 1.54) is 5.01 Å². The standard InChI is InChI=1S/C9H19N3O3/c1-9(13)6-4-8(5-7-9)15-10-12(14)11(2)3/h8,13H,4-7H2,1-3H3/b12-10-. The molecule has 0 aromatic heterocycles. The minimum absolute atomic E-state index is 0.0541. The normalized spacial score (nSPS) is 32.5. The Balaban J connectivity index is 2.33. The molecule has 1 N–H and O–H groups in total. The Morgan fingerprint density at radius 3 is 2.47 bits per heavy atom. The van der Waals surface area contributed by atoms with Gasteiger partial charge in [0.25, 0.3) is 0 Å². The van der Waals surface area contributed by atoms with Gasteiger partial charge < -0.3 is 15.2 Å². The number of nitrogens with zero attached hydrogens (tertiary/aromatic N) is 3. The average Bonchev–Trinajstić information content (AvgIpc) is 2.15. The Hall–Kier alpha value is -1.04. The fourth-order valence-electron chi connectivity index (χ4n) is 1.50. The fraction of sp³-hybridized carbons (Fsp3) is 1.00. The van der Waals surface area contributed by atoms with E-state index in [0.717, 1.165) is 12.8 Å². The van der Waals surface area contributed by atoms with Crippen LogP contribution in [-0.4, -0.2) is 40.9 Å². The van der Waals surface area contributed by atoms with Gasteiger partial charge in [0.05, 0.1) is 24.7 Å². The van der Waals surface area contributed by atoms with Gasteiger partial charge in [-0.1, -0.05) is 0 Å². The lowest BCUT2D eigenvalue weighted by Gasteiger charge is -2.30. The van der Waals surface area contributed by atoms with E-state index < -0.39 is 5.60 Å². The zero-order valence-corrected chi connectivity index (χ0v) is 9.51. The van der Waals surface area contributed by atoms with Gasteiger partial charge in [0.15, 0.2) is 0 Å². The molecule has 1 aliphatic carbocycles. The number of aliphatic hydroxyl groups is 1. The van der Waals surface area contributed by atoms with Crippen LogP contribution in [0.1, 0.15) is 32.6 Å². The smallest absolute Gasteiger partial charge is 0.233 e. The number of rotatable bonds is 3. The highest BCUT2D eigenvalue weighted by molar-refractivity contribution is 4.81. The molecule has 1 saturated carbocycles. The molecule has 0 unspecified atom stereocenters. The molecule has 0 saturated heterocycles. The van der Waals surface area contributed by atoms with Crippen molar-refractivity contribution in [2.24, 2.45) is 5.28 Å². The van der Waals surface area contributed by atoms with Crippen molar-refractivity contribution in [1.82, 2.24) is 5.01 Å². The van der Waals surface area contributed by atoms with E-state index in [9.17, 15) is 10.3 Å². The maximum atomic E-state index is 11.0. The van der Waals surface area contributed by atoms with Gasteiger partial charge in [0, 0.05) is 0 Å². The van der Waals surface area contributed by atoms with Gasteiger partial charge in [-0.05, 0) is 32.6 Å². The van der Waals surface area contributed by atoms with Crippen molar-refractivity contribution < 1.29 is 14.9 Å². The van der Waals surface area contributed by atoms with Crippen LogP contribution in [0, 0.1) is 5.21 Å². The maximum absolute atomic E-state index is 11.0. The number of hydrazine groups is 1. The van der Waals surface area contributed by atoms with E-state index in [1.807, 2.05) is 6.92 Å². The molecule has 15 heavy (non-hydrogen) atoms. The first-order chi connectivity index (χ1) is 6.91. The molecule has 0 heterocycles. The topological polar surface area (TPSA) is 71.1 Å². The van der Waals surface area contributed by atoms with Crippen molar-refractivity contribution in [2.45, 2.75) is 44.3 Å². The average molecular weight is 217 g/mol. The summed E-state index contributed by atoms with van der Waals surface area (Å²) >= 11 is 0. The van der Waals surface area contributed by atoms with Crippen LogP contribution < -0.4 is 0 Å². The summed E-state index contributed by atoms with van der Waals surface area (Å²) < 4.78 is 0. The van der Waals surface area contributed by atoms with E-state index in [0.29, 0.717) is 17.8 Å². The van der Waals surface area contributed by atoms with Crippen LogP contribution in [0.25, 0.3) is 0 Å². The summed E-state index contributed by atoms with van der Waals surface area (Å²) in [7, 11) is 3.18. The minimum atomic E-state index is -0.585. The Kier molecular flexibility index (Phi) is 3.73. The van der Waals surface area contributed by atoms with E-state index >= 15 is 0 Å². The molecule has 0 bridgehead atoms. The van der Waals surface area contributed by atoms with Gasteiger partial charge >= 0.3 is 0 Å². The van der Waals surface area contributed by atoms with E-state index in [4.69, 9.17) is 4.84 Å². The van der Waals surface area contributed by atoms with Crippen molar-refractivity contribution in [1.29, 1.82) is 0 Å². The Labute approximate surface area is 89.6 Å². The van der Waals surface area contributed by atoms with Crippen molar-refractivity contribution in [3.05, 3.63) is 5.21 Å². The third-order valence-corrected chi connectivity index (χ3v) is 2.62. The first-order valence-corrected chi connectivity index (χ1v) is 5.14. The number of hydrogen-bond acceptors (Lipinski definition) is 4. The molecule has 0 amide bonds. The molecule has 1 aliphatic rings. The van der Waals surface area contributed by atoms with Crippen LogP contribution in [0.3, 0.4) is 0 Å². The van der Waals surface area contributed by atoms with Crippen molar-refractivity contribution >= 4 is 0 Å². The Morgan fingerprint density at radius 2 is 2.00 bits per heavy atom. The molecular formula is C9H19N3O3. The monoisotopic (exact) mass is 217 g/mol. The predicted molar refractivity (Wildman–Crippen MR) is 53.7 cm³/mol. The third-order valence-electron chi connectivity index (χ3n) is 2.62. The van der Waals surface area contributed by atoms with Crippen molar-refractivity contribution in [2.75, 3.05) is 14.1 Å². The highest BCUT2D eigenvalue weighted by Crippen LogP contribution is 2.29. The molecule has 1 fully saturated rings. The highest BCUT2D eigenvalue weighted by Gasteiger charge is 2.30. The molecule has 0 aromatic carbocycles. The minimum Gasteiger partial charge on any atom is -0.569 e. The molecule has 1 rings (SSSR count). The van der Waals surface area contributed by atoms with Crippen LogP contribution >= 0.6 is 0 Å². The zero-order chi connectivity index (χ0) is 11.5. The summed E-state index contributed by atoms with van der Waals surface area (Å²) in [6.45, 7) is 1.82. The lowest BCUT2D eigenvalue weighted by molar-refractivity contribution is -0.701. The second kappa shape index (κ2) is 4.65. The van der Waals surface area contributed by atoms with Crippen LogP contribution in [0.5, 0.6) is 0 Å². The predicted octanol–water partition coefficient (Wildman–Crippen LogP) is 1.05. The Morgan fingerprint density at radius 1 is 1.47 bits per heavy atom. The van der Waals surface area contributed by atoms with E-state index in [2.05, 4.69) is 5.28 Å². The molecule has 6 nitrogen and oxygen atoms in total. The summed E-state index contributed by atoms with van der Waals surface area (Å²) in [6, 6.07) is 0. The lowest BCUT2D eigenvalue weighted by atomic mass is 9.85.